The average molecular weight is 292 g/mol. The minimum atomic E-state index is -0.420. The Balaban J connectivity index is 2.29. The third-order valence-corrected chi connectivity index (χ3v) is 2.70. The summed E-state index contributed by atoms with van der Waals surface area (Å²) in [5.74, 6) is 0.0367. The largest absolute Gasteiger partial charge is 0.490 e. The molecule has 0 amide bonds. The predicted molar refractivity (Wildman–Crippen MR) is 78.0 cm³/mol. The summed E-state index contributed by atoms with van der Waals surface area (Å²) in [5.41, 5.74) is 1.39. The summed E-state index contributed by atoms with van der Waals surface area (Å²) in [6.45, 7) is 5.54. The summed E-state index contributed by atoms with van der Waals surface area (Å²) < 4.78 is 14.9. The maximum Gasteiger partial charge on any atom is 0.333 e. The van der Waals surface area contributed by atoms with Crippen LogP contribution in [-0.4, -0.2) is 32.3 Å². The second-order valence-electron chi connectivity index (χ2n) is 4.48. The highest BCUT2D eigenvalue weighted by atomic mass is 16.6. The monoisotopic (exact) mass is 292 g/mol. The number of carbonyl (C=O) groups is 2. The Morgan fingerprint density at radius 1 is 1.14 bits per heavy atom. The van der Waals surface area contributed by atoms with Crippen molar-refractivity contribution >= 4 is 11.9 Å². The molecule has 0 unspecified atom stereocenters. The van der Waals surface area contributed by atoms with E-state index >= 15 is 0 Å². The van der Waals surface area contributed by atoms with Crippen LogP contribution in [0.1, 0.15) is 18.9 Å². The molecule has 0 aliphatic carbocycles. The van der Waals surface area contributed by atoms with E-state index in [1.54, 1.807) is 6.92 Å². The van der Waals surface area contributed by atoms with E-state index < -0.39 is 5.97 Å². The summed E-state index contributed by atoms with van der Waals surface area (Å²) in [4.78, 5) is 22.2. The molecule has 5 heteroatoms. The average Bonchev–Trinajstić information content (AvgIpc) is 2.49. The molecule has 0 heterocycles. The zero-order valence-corrected chi connectivity index (χ0v) is 12.4. The Bertz CT molecular complexity index is 490. The third kappa shape index (κ3) is 6.61. The fourth-order valence-corrected chi connectivity index (χ4v) is 1.52. The van der Waals surface area contributed by atoms with E-state index in [4.69, 9.17) is 9.47 Å². The number of methoxy groups -OCH3 is 1. The molecule has 0 N–H and O–H groups in total. The SMILES string of the molecule is C=C(C)C(=O)OCCOc1ccc(CCC(=O)OC)cc1. The van der Waals surface area contributed by atoms with Crippen LogP contribution in [0.25, 0.3) is 0 Å². The summed E-state index contributed by atoms with van der Waals surface area (Å²) in [6.07, 6.45) is 0.983. The van der Waals surface area contributed by atoms with Crippen molar-refractivity contribution in [2.75, 3.05) is 20.3 Å². The van der Waals surface area contributed by atoms with Gasteiger partial charge in [-0.25, -0.2) is 4.79 Å². The Kier molecular flexibility index (Phi) is 7.01. The van der Waals surface area contributed by atoms with Gasteiger partial charge in [-0.1, -0.05) is 18.7 Å². The van der Waals surface area contributed by atoms with Gasteiger partial charge in [0.1, 0.15) is 19.0 Å². The van der Waals surface area contributed by atoms with Crippen LogP contribution < -0.4 is 4.74 Å². The molecular formula is C16H20O5. The molecule has 0 bridgehead atoms. The van der Waals surface area contributed by atoms with E-state index in [1.807, 2.05) is 24.3 Å². The van der Waals surface area contributed by atoms with Gasteiger partial charge in [0.05, 0.1) is 7.11 Å². The lowest BCUT2D eigenvalue weighted by molar-refractivity contribution is -0.141. The Labute approximate surface area is 124 Å². The number of rotatable bonds is 8. The van der Waals surface area contributed by atoms with Gasteiger partial charge in [0.25, 0.3) is 0 Å². The van der Waals surface area contributed by atoms with Gasteiger partial charge in [0.15, 0.2) is 0 Å². The smallest absolute Gasteiger partial charge is 0.333 e. The van der Waals surface area contributed by atoms with Gasteiger partial charge in [0, 0.05) is 12.0 Å². The minimum Gasteiger partial charge on any atom is -0.490 e. The third-order valence-electron chi connectivity index (χ3n) is 2.70. The van der Waals surface area contributed by atoms with Crippen LogP contribution in [-0.2, 0) is 25.5 Å². The molecule has 0 atom stereocenters. The summed E-state index contributed by atoms with van der Waals surface area (Å²) in [7, 11) is 1.37. The summed E-state index contributed by atoms with van der Waals surface area (Å²) >= 11 is 0. The number of benzene rings is 1. The molecule has 21 heavy (non-hydrogen) atoms. The van der Waals surface area contributed by atoms with Crippen LogP contribution in [0.3, 0.4) is 0 Å². The van der Waals surface area contributed by atoms with E-state index in [1.165, 1.54) is 7.11 Å². The summed E-state index contributed by atoms with van der Waals surface area (Å²) in [6, 6.07) is 7.40. The van der Waals surface area contributed by atoms with Gasteiger partial charge in [0.2, 0.25) is 0 Å². The maximum atomic E-state index is 11.1. The summed E-state index contributed by atoms with van der Waals surface area (Å²) in [5, 5.41) is 0. The number of ether oxygens (including phenoxy) is 3. The van der Waals surface area contributed by atoms with E-state index in [2.05, 4.69) is 11.3 Å². The molecule has 0 saturated heterocycles. The van der Waals surface area contributed by atoms with Crippen LogP contribution in [0.4, 0.5) is 0 Å². The van der Waals surface area contributed by atoms with E-state index in [0.29, 0.717) is 24.2 Å². The van der Waals surface area contributed by atoms with Crippen molar-refractivity contribution in [1.29, 1.82) is 0 Å². The van der Waals surface area contributed by atoms with E-state index in [0.717, 1.165) is 5.56 Å². The van der Waals surface area contributed by atoms with Crippen LogP contribution in [0.5, 0.6) is 5.75 Å². The normalized spacial score (nSPS) is 9.81. The molecule has 0 spiro atoms. The molecule has 1 aromatic carbocycles. The van der Waals surface area contributed by atoms with E-state index in [-0.39, 0.29) is 19.2 Å². The molecule has 0 aromatic heterocycles. The molecule has 114 valence electrons. The van der Waals surface area contributed by atoms with Crippen LogP contribution >= 0.6 is 0 Å². The molecule has 0 aliphatic heterocycles. The molecular weight excluding hydrogens is 272 g/mol. The first-order chi connectivity index (χ1) is 10.0. The first kappa shape index (κ1) is 16.8. The first-order valence-electron chi connectivity index (χ1n) is 6.64. The molecule has 0 radical (unpaired) electrons. The number of hydrogen-bond donors (Lipinski definition) is 0. The van der Waals surface area contributed by atoms with Gasteiger partial charge >= 0.3 is 11.9 Å². The predicted octanol–water partition coefficient (Wildman–Crippen LogP) is 2.29. The Morgan fingerprint density at radius 3 is 2.38 bits per heavy atom. The topological polar surface area (TPSA) is 61.8 Å². The zero-order valence-electron chi connectivity index (χ0n) is 12.4. The maximum absolute atomic E-state index is 11.1. The van der Waals surface area contributed by atoms with Crippen molar-refractivity contribution in [1.82, 2.24) is 0 Å². The van der Waals surface area contributed by atoms with Crippen molar-refractivity contribution < 1.29 is 23.8 Å². The number of hydrogen-bond acceptors (Lipinski definition) is 5. The Hall–Kier alpha value is -2.30. The van der Waals surface area contributed by atoms with Gasteiger partial charge in [-0.15, -0.1) is 0 Å². The highest BCUT2D eigenvalue weighted by Crippen LogP contribution is 2.13. The highest BCUT2D eigenvalue weighted by Gasteiger charge is 2.03. The van der Waals surface area contributed by atoms with Gasteiger partial charge in [-0.2, -0.15) is 0 Å². The van der Waals surface area contributed by atoms with Gasteiger partial charge < -0.3 is 14.2 Å². The van der Waals surface area contributed by atoms with Crippen molar-refractivity contribution in [3.63, 3.8) is 0 Å². The van der Waals surface area contributed by atoms with Crippen LogP contribution in [0.2, 0.25) is 0 Å². The fourth-order valence-electron chi connectivity index (χ4n) is 1.52. The van der Waals surface area contributed by atoms with Crippen LogP contribution in [0, 0.1) is 0 Å². The number of carbonyl (C=O) groups excluding carboxylic acids is 2. The molecule has 5 nitrogen and oxygen atoms in total. The second-order valence-corrected chi connectivity index (χ2v) is 4.48. The van der Waals surface area contributed by atoms with Gasteiger partial charge in [-0.3, -0.25) is 4.79 Å². The molecule has 1 rings (SSSR count). The lowest BCUT2D eigenvalue weighted by Gasteiger charge is -2.08. The van der Waals surface area contributed by atoms with Crippen molar-refractivity contribution in [3.8, 4) is 5.75 Å². The first-order valence-corrected chi connectivity index (χ1v) is 6.64. The van der Waals surface area contributed by atoms with Gasteiger partial charge in [-0.05, 0) is 31.0 Å². The standard InChI is InChI=1S/C16H20O5/c1-12(2)16(18)21-11-10-20-14-7-4-13(5-8-14)6-9-15(17)19-3/h4-5,7-8H,1,6,9-11H2,2-3H3. The lowest BCUT2D eigenvalue weighted by Crippen LogP contribution is -2.12. The molecule has 0 fully saturated rings. The fraction of sp³-hybridized carbons (Fsp3) is 0.375. The van der Waals surface area contributed by atoms with Crippen molar-refractivity contribution in [2.24, 2.45) is 0 Å². The molecule has 0 saturated carbocycles. The zero-order chi connectivity index (χ0) is 15.7. The molecule has 0 aliphatic rings. The molecule has 1 aromatic rings. The second kappa shape index (κ2) is 8.79. The lowest BCUT2D eigenvalue weighted by atomic mass is 10.1. The quantitative estimate of drug-likeness (QED) is 0.418. The van der Waals surface area contributed by atoms with Crippen molar-refractivity contribution in [2.45, 2.75) is 19.8 Å². The number of esters is 2. The number of aryl methyl sites for hydroxylation is 1. The Morgan fingerprint density at radius 2 is 1.81 bits per heavy atom. The van der Waals surface area contributed by atoms with Crippen molar-refractivity contribution in [3.05, 3.63) is 42.0 Å². The highest BCUT2D eigenvalue weighted by molar-refractivity contribution is 5.86. The minimum absolute atomic E-state index is 0.176. The van der Waals surface area contributed by atoms with Crippen LogP contribution in [0.15, 0.2) is 36.4 Å². The van der Waals surface area contributed by atoms with E-state index in [9.17, 15) is 9.59 Å².